The number of hydrogen-bond acceptors (Lipinski definition) is 1. The van der Waals surface area contributed by atoms with Gasteiger partial charge >= 0.3 is 12.2 Å². The van der Waals surface area contributed by atoms with Crippen LogP contribution < -0.4 is 5.32 Å². The van der Waals surface area contributed by atoms with Gasteiger partial charge in [-0.25, -0.2) is 4.79 Å². The van der Waals surface area contributed by atoms with Gasteiger partial charge < -0.3 is 10.2 Å². The van der Waals surface area contributed by atoms with Gasteiger partial charge in [-0.05, 0) is 0 Å². The molecule has 0 rings (SSSR count). The predicted molar refractivity (Wildman–Crippen MR) is 42.8 cm³/mol. The molecule has 0 aliphatic rings. The number of amides is 2. The van der Waals surface area contributed by atoms with Crippen LogP contribution in [0.4, 0.5) is 18.0 Å². The first-order chi connectivity index (χ1) is 5.87. The second kappa shape index (κ2) is 5.16. The zero-order chi connectivity index (χ0) is 10.5. The number of carbonyl (C=O) groups excluding carboxylic acids is 1. The first-order valence-corrected chi connectivity index (χ1v) is 4.02. The van der Waals surface area contributed by atoms with Crippen LogP contribution in [-0.4, -0.2) is 43.1 Å². The molecule has 2 amide bonds. The smallest absolute Gasteiger partial charge is 0.329 e. The highest BCUT2D eigenvalue weighted by molar-refractivity contribution is 6.18. The molecule has 1 N–H and O–H groups in total. The maximum Gasteiger partial charge on any atom is 0.405 e. The monoisotopic (exact) mass is 218 g/mol. The van der Waals surface area contributed by atoms with E-state index in [1.54, 1.807) is 5.32 Å². The Balaban J connectivity index is 3.74. The Morgan fingerprint density at radius 3 is 2.46 bits per heavy atom. The molecule has 13 heavy (non-hydrogen) atoms. The molecule has 0 radical (unpaired) electrons. The molecule has 0 saturated heterocycles. The first kappa shape index (κ1) is 12.3. The fourth-order valence-electron chi connectivity index (χ4n) is 0.539. The normalized spacial score (nSPS) is 11.2. The van der Waals surface area contributed by atoms with Crippen molar-refractivity contribution in [2.24, 2.45) is 0 Å². The maximum atomic E-state index is 11.6. The van der Waals surface area contributed by atoms with Crippen molar-refractivity contribution >= 4 is 17.6 Å². The van der Waals surface area contributed by atoms with Gasteiger partial charge in [0.1, 0.15) is 6.54 Å². The van der Waals surface area contributed by atoms with Gasteiger partial charge in [-0.2, -0.15) is 13.2 Å². The number of carbonyl (C=O) groups is 1. The largest absolute Gasteiger partial charge is 0.405 e. The molecule has 0 aliphatic heterocycles. The number of nitrogens with one attached hydrogen (secondary N) is 1. The minimum atomic E-state index is -4.38. The van der Waals surface area contributed by atoms with Gasteiger partial charge in [-0.1, -0.05) is 0 Å². The van der Waals surface area contributed by atoms with E-state index in [0.29, 0.717) is 0 Å². The Morgan fingerprint density at radius 1 is 1.54 bits per heavy atom. The summed E-state index contributed by atoms with van der Waals surface area (Å²) in [6.07, 6.45) is -4.38. The molecule has 0 unspecified atom stereocenters. The van der Waals surface area contributed by atoms with Crippen LogP contribution in [0.1, 0.15) is 0 Å². The van der Waals surface area contributed by atoms with Crippen molar-refractivity contribution in [1.29, 1.82) is 0 Å². The maximum absolute atomic E-state index is 11.6. The highest BCUT2D eigenvalue weighted by atomic mass is 35.5. The van der Waals surface area contributed by atoms with Gasteiger partial charge in [0.15, 0.2) is 0 Å². The van der Waals surface area contributed by atoms with E-state index in [1.165, 1.54) is 7.05 Å². The van der Waals surface area contributed by atoms with Crippen molar-refractivity contribution in [1.82, 2.24) is 10.2 Å². The Bertz CT molecular complexity index is 174. The van der Waals surface area contributed by atoms with E-state index in [2.05, 4.69) is 0 Å². The molecule has 0 fully saturated rings. The number of nitrogens with zero attached hydrogens (tertiary/aromatic N) is 1. The number of alkyl halides is 4. The van der Waals surface area contributed by atoms with E-state index in [0.717, 1.165) is 4.90 Å². The lowest BCUT2D eigenvalue weighted by Gasteiger charge is -2.17. The number of halogens is 4. The molecule has 0 aromatic rings. The average Bonchev–Trinajstić information content (AvgIpc) is 1.99. The summed E-state index contributed by atoms with van der Waals surface area (Å²) in [5.41, 5.74) is 0. The number of urea groups is 1. The van der Waals surface area contributed by atoms with Crippen molar-refractivity contribution in [2.75, 3.05) is 26.0 Å². The molecule has 0 bridgehead atoms. The zero-order valence-corrected chi connectivity index (χ0v) is 7.74. The van der Waals surface area contributed by atoms with Crippen LogP contribution >= 0.6 is 11.6 Å². The molecule has 0 aromatic carbocycles. The molecule has 0 aliphatic carbocycles. The van der Waals surface area contributed by atoms with Crippen molar-refractivity contribution in [3.05, 3.63) is 0 Å². The summed E-state index contributed by atoms with van der Waals surface area (Å²) in [5, 5.41) is 1.71. The average molecular weight is 219 g/mol. The van der Waals surface area contributed by atoms with Crippen molar-refractivity contribution < 1.29 is 18.0 Å². The Hall–Kier alpha value is -0.650. The quantitative estimate of drug-likeness (QED) is 0.714. The van der Waals surface area contributed by atoms with Crippen molar-refractivity contribution in [3.63, 3.8) is 0 Å². The topological polar surface area (TPSA) is 32.3 Å². The van der Waals surface area contributed by atoms with Crippen LogP contribution in [0.15, 0.2) is 0 Å². The van der Waals surface area contributed by atoms with Crippen LogP contribution in [0.5, 0.6) is 0 Å². The summed E-state index contributed by atoms with van der Waals surface area (Å²) in [5.74, 6) is 0.190. The van der Waals surface area contributed by atoms with Crippen molar-refractivity contribution in [3.8, 4) is 0 Å². The fraction of sp³-hybridized carbons (Fsp3) is 0.833. The molecule has 0 heterocycles. The molecule has 7 heteroatoms. The summed E-state index contributed by atoms with van der Waals surface area (Å²) in [6, 6.07) is -0.780. The van der Waals surface area contributed by atoms with Crippen LogP contribution in [0, 0.1) is 0 Å². The summed E-state index contributed by atoms with van der Waals surface area (Å²) in [4.78, 5) is 11.9. The van der Waals surface area contributed by atoms with Crippen LogP contribution in [0.2, 0.25) is 0 Å². The molecule has 3 nitrogen and oxygen atoms in total. The molecular formula is C6H10ClF3N2O. The van der Waals surface area contributed by atoms with Gasteiger partial charge in [0, 0.05) is 19.5 Å². The Morgan fingerprint density at radius 2 is 2.08 bits per heavy atom. The minimum absolute atomic E-state index is 0.190. The summed E-state index contributed by atoms with van der Waals surface area (Å²) < 4.78 is 34.8. The standard InChI is InChI=1S/C6H10ClF3N2O/c1-12(3-2-7)5(13)11-4-6(8,9)10/h2-4H2,1H3,(H,11,13). The van der Waals surface area contributed by atoms with E-state index in [9.17, 15) is 18.0 Å². The summed E-state index contributed by atoms with van der Waals surface area (Å²) in [7, 11) is 1.37. The molecular weight excluding hydrogens is 209 g/mol. The first-order valence-electron chi connectivity index (χ1n) is 3.48. The highest BCUT2D eigenvalue weighted by Crippen LogP contribution is 2.12. The summed E-state index contributed by atoms with van der Waals surface area (Å²) >= 11 is 5.29. The lowest BCUT2D eigenvalue weighted by Crippen LogP contribution is -2.42. The lowest BCUT2D eigenvalue weighted by atomic mass is 10.6. The van der Waals surface area contributed by atoms with Crippen LogP contribution in [0.25, 0.3) is 0 Å². The van der Waals surface area contributed by atoms with E-state index < -0.39 is 18.8 Å². The van der Waals surface area contributed by atoms with Crippen molar-refractivity contribution in [2.45, 2.75) is 6.18 Å². The van der Waals surface area contributed by atoms with E-state index >= 15 is 0 Å². The van der Waals surface area contributed by atoms with Gasteiger partial charge in [0.25, 0.3) is 0 Å². The number of hydrogen-bond donors (Lipinski definition) is 1. The lowest BCUT2D eigenvalue weighted by molar-refractivity contribution is -0.123. The van der Waals surface area contributed by atoms with Gasteiger partial charge in [-0.3, -0.25) is 0 Å². The molecule has 78 valence electrons. The second-order valence-corrected chi connectivity index (χ2v) is 2.76. The SMILES string of the molecule is CN(CCCl)C(=O)NCC(F)(F)F. The minimum Gasteiger partial charge on any atom is -0.329 e. The molecule has 0 spiro atoms. The van der Waals surface area contributed by atoms with Gasteiger partial charge in [0.05, 0.1) is 0 Å². The van der Waals surface area contributed by atoms with Gasteiger partial charge in [0.2, 0.25) is 0 Å². The molecule has 0 aromatic heterocycles. The van der Waals surface area contributed by atoms with E-state index in [4.69, 9.17) is 11.6 Å². The number of rotatable bonds is 3. The third-order valence-corrected chi connectivity index (χ3v) is 1.38. The van der Waals surface area contributed by atoms with E-state index in [-0.39, 0.29) is 12.4 Å². The third-order valence-electron chi connectivity index (χ3n) is 1.21. The third kappa shape index (κ3) is 6.51. The fourth-order valence-corrected chi connectivity index (χ4v) is 0.793. The van der Waals surface area contributed by atoms with E-state index in [1.807, 2.05) is 0 Å². The molecule has 0 saturated carbocycles. The van der Waals surface area contributed by atoms with Gasteiger partial charge in [-0.15, -0.1) is 11.6 Å². The van der Waals surface area contributed by atoms with Crippen LogP contribution in [0.3, 0.4) is 0 Å². The van der Waals surface area contributed by atoms with Crippen LogP contribution in [-0.2, 0) is 0 Å². The highest BCUT2D eigenvalue weighted by Gasteiger charge is 2.28. The second-order valence-electron chi connectivity index (χ2n) is 2.38. The predicted octanol–water partition coefficient (Wildman–Crippen LogP) is 1.43. The zero-order valence-electron chi connectivity index (χ0n) is 6.99. The molecule has 0 atom stereocenters. The summed E-state index contributed by atoms with van der Waals surface area (Å²) in [6.45, 7) is -1.11. The Kier molecular flexibility index (Phi) is 4.90. The Labute approximate surface area is 78.8 Å².